The lowest BCUT2D eigenvalue weighted by Gasteiger charge is -2.19. The number of amides is 2. The van der Waals surface area contributed by atoms with Gasteiger partial charge in [0.05, 0.1) is 17.4 Å². The molecule has 3 aromatic carbocycles. The summed E-state index contributed by atoms with van der Waals surface area (Å²) < 4.78 is 5.76. The molecule has 0 aromatic heterocycles. The van der Waals surface area contributed by atoms with Crippen molar-refractivity contribution in [2.75, 3.05) is 10.2 Å². The molecule has 0 fully saturated rings. The number of rotatable bonds is 6. The highest BCUT2D eigenvalue weighted by Gasteiger charge is 2.41. The molecule has 1 heterocycles. The van der Waals surface area contributed by atoms with Crippen molar-refractivity contribution in [2.24, 2.45) is 0 Å². The fourth-order valence-corrected chi connectivity index (χ4v) is 4.09. The third kappa shape index (κ3) is 4.34. The molecule has 34 heavy (non-hydrogen) atoms. The van der Waals surface area contributed by atoms with Crippen LogP contribution in [-0.2, 0) is 9.59 Å². The zero-order chi connectivity index (χ0) is 24.6. The molecule has 0 saturated carbocycles. The molecule has 1 N–H and O–H groups in total. The van der Waals surface area contributed by atoms with Gasteiger partial charge in [-0.2, -0.15) is 0 Å². The van der Waals surface area contributed by atoms with E-state index in [2.05, 4.69) is 5.32 Å². The Morgan fingerprint density at radius 3 is 2.21 bits per heavy atom. The van der Waals surface area contributed by atoms with Crippen LogP contribution in [0.3, 0.4) is 0 Å². The summed E-state index contributed by atoms with van der Waals surface area (Å²) in [4.78, 5) is 28.8. The second-order valence-electron chi connectivity index (χ2n) is 9.05. The average Bonchev–Trinajstić information content (AvgIpc) is 3.02. The number of imide groups is 1. The maximum absolute atomic E-state index is 13.8. The number of aryl methyl sites for hydroxylation is 3. The molecular formula is C29H30N2O3. The second-order valence-corrected chi connectivity index (χ2v) is 9.05. The monoisotopic (exact) mass is 454 g/mol. The van der Waals surface area contributed by atoms with Crippen LogP contribution < -0.4 is 15.0 Å². The van der Waals surface area contributed by atoms with Crippen molar-refractivity contribution in [3.8, 4) is 5.75 Å². The van der Waals surface area contributed by atoms with E-state index >= 15 is 0 Å². The molecule has 2 amide bonds. The molecule has 0 radical (unpaired) electrons. The Balaban J connectivity index is 1.84. The van der Waals surface area contributed by atoms with E-state index in [1.54, 1.807) is 0 Å². The van der Waals surface area contributed by atoms with Crippen molar-refractivity contribution >= 4 is 28.8 Å². The summed E-state index contributed by atoms with van der Waals surface area (Å²) in [5.74, 6) is 0.00712. The molecule has 174 valence electrons. The second kappa shape index (κ2) is 9.18. The molecule has 5 heteroatoms. The van der Waals surface area contributed by atoms with Crippen molar-refractivity contribution in [3.05, 3.63) is 94.2 Å². The minimum atomic E-state index is -0.364. The third-order valence-electron chi connectivity index (χ3n) is 6.07. The van der Waals surface area contributed by atoms with E-state index in [-0.39, 0.29) is 23.6 Å². The van der Waals surface area contributed by atoms with Crippen LogP contribution >= 0.6 is 0 Å². The normalized spacial score (nSPS) is 13.8. The number of hydrogen-bond acceptors (Lipinski definition) is 4. The van der Waals surface area contributed by atoms with Crippen LogP contribution in [0.1, 0.15) is 41.7 Å². The zero-order valence-electron chi connectivity index (χ0n) is 20.5. The summed E-state index contributed by atoms with van der Waals surface area (Å²) in [6.45, 7) is 11.8. The summed E-state index contributed by atoms with van der Waals surface area (Å²) in [6.07, 6.45) is 0.0427. The first-order chi connectivity index (χ1) is 16.2. The third-order valence-corrected chi connectivity index (χ3v) is 6.07. The van der Waals surface area contributed by atoms with Gasteiger partial charge >= 0.3 is 0 Å². The average molecular weight is 455 g/mol. The first-order valence-electron chi connectivity index (χ1n) is 11.5. The van der Waals surface area contributed by atoms with Gasteiger partial charge in [0.25, 0.3) is 11.8 Å². The topological polar surface area (TPSA) is 58.6 Å². The number of carbonyl (C=O) groups excluding carboxylic acids is 2. The smallest absolute Gasteiger partial charge is 0.282 e. The minimum Gasteiger partial charge on any atom is -0.491 e. The van der Waals surface area contributed by atoms with Crippen molar-refractivity contribution < 1.29 is 14.3 Å². The minimum absolute atomic E-state index is 0.0427. The molecule has 4 rings (SSSR count). The van der Waals surface area contributed by atoms with Crippen LogP contribution in [0, 0.1) is 27.7 Å². The first-order valence-corrected chi connectivity index (χ1v) is 11.5. The zero-order valence-corrected chi connectivity index (χ0v) is 20.5. The molecule has 0 saturated heterocycles. The number of benzene rings is 3. The van der Waals surface area contributed by atoms with E-state index in [1.165, 1.54) is 4.90 Å². The largest absolute Gasteiger partial charge is 0.491 e. The van der Waals surface area contributed by atoms with Crippen molar-refractivity contribution in [1.29, 1.82) is 0 Å². The van der Waals surface area contributed by atoms with Gasteiger partial charge in [0.2, 0.25) is 0 Å². The first kappa shape index (κ1) is 23.3. The lowest BCUT2D eigenvalue weighted by molar-refractivity contribution is -0.120. The van der Waals surface area contributed by atoms with E-state index in [9.17, 15) is 9.59 Å². The van der Waals surface area contributed by atoms with Gasteiger partial charge in [-0.15, -0.1) is 0 Å². The Bertz CT molecular complexity index is 1300. The Hall–Kier alpha value is -3.86. The lowest BCUT2D eigenvalue weighted by atomic mass is 10.0. The van der Waals surface area contributed by atoms with Crippen LogP contribution in [0.4, 0.5) is 11.4 Å². The molecular weight excluding hydrogens is 424 g/mol. The van der Waals surface area contributed by atoms with Crippen LogP contribution in [0.15, 0.2) is 66.4 Å². The highest BCUT2D eigenvalue weighted by molar-refractivity contribution is 6.46. The molecule has 1 aliphatic rings. The van der Waals surface area contributed by atoms with Gasteiger partial charge in [0, 0.05) is 5.69 Å². The van der Waals surface area contributed by atoms with Crippen molar-refractivity contribution in [3.63, 3.8) is 0 Å². The highest BCUT2D eigenvalue weighted by Crippen LogP contribution is 2.36. The number of anilines is 2. The maximum atomic E-state index is 13.8. The quantitative estimate of drug-likeness (QED) is 0.457. The summed E-state index contributed by atoms with van der Waals surface area (Å²) in [5.41, 5.74) is 6.66. The SMILES string of the molecule is Cc1ccc(C)c(NC2=C(c3ccc(OC(C)C)cc3)C(=O)N(c3cccc(C)c3C)C2=O)c1. The lowest BCUT2D eigenvalue weighted by Crippen LogP contribution is -2.33. The van der Waals surface area contributed by atoms with E-state index in [1.807, 2.05) is 102 Å². The van der Waals surface area contributed by atoms with Crippen LogP contribution in [-0.4, -0.2) is 17.9 Å². The fraction of sp³-hybridized carbons (Fsp3) is 0.241. The van der Waals surface area contributed by atoms with Gasteiger partial charge in [0.1, 0.15) is 11.4 Å². The van der Waals surface area contributed by atoms with Crippen LogP contribution in [0.25, 0.3) is 5.57 Å². The summed E-state index contributed by atoms with van der Waals surface area (Å²) in [7, 11) is 0. The predicted octanol–water partition coefficient (Wildman–Crippen LogP) is 6.10. The standard InChI is InChI=1S/C29H30N2O3/c1-17(2)34-23-14-12-22(13-15-23)26-27(30-24-16-18(3)10-11-20(24)5)29(33)31(28(26)32)25-9-7-8-19(4)21(25)6/h7-17,30H,1-6H3. The van der Waals surface area contributed by atoms with Crippen LogP contribution in [0.5, 0.6) is 5.75 Å². The Labute approximate surface area is 201 Å². The molecule has 1 aliphatic heterocycles. The molecule has 3 aromatic rings. The van der Waals surface area contributed by atoms with Gasteiger partial charge < -0.3 is 10.1 Å². The number of carbonyl (C=O) groups is 2. The highest BCUT2D eigenvalue weighted by atomic mass is 16.5. The van der Waals surface area contributed by atoms with Gasteiger partial charge in [-0.25, -0.2) is 4.90 Å². The number of ether oxygens (including phenoxy) is 1. The van der Waals surface area contributed by atoms with E-state index in [4.69, 9.17) is 4.74 Å². The summed E-state index contributed by atoms with van der Waals surface area (Å²) in [6, 6.07) is 19.0. The van der Waals surface area contributed by atoms with Crippen molar-refractivity contribution in [1.82, 2.24) is 0 Å². The van der Waals surface area contributed by atoms with Gasteiger partial charge in [-0.1, -0.05) is 36.4 Å². The Morgan fingerprint density at radius 2 is 1.53 bits per heavy atom. The number of hydrogen-bond donors (Lipinski definition) is 1. The van der Waals surface area contributed by atoms with Gasteiger partial charge in [0.15, 0.2) is 0 Å². The molecule has 0 aliphatic carbocycles. The van der Waals surface area contributed by atoms with E-state index in [0.717, 1.165) is 27.9 Å². The summed E-state index contributed by atoms with van der Waals surface area (Å²) in [5, 5.41) is 3.30. The number of nitrogens with zero attached hydrogens (tertiary/aromatic N) is 1. The van der Waals surface area contributed by atoms with Crippen LogP contribution in [0.2, 0.25) is 0 Å². The van der Waals surface area contributed by atoms with Gasteiger partial charge in [-0.05, 0) is 93.6 Å². The Kier molecular flexibility index (Phi) is 6.29. The molecule has 5 nitrogen and oxygen atoms in total. The molecule has 0 spiro atoms. The maximum Gasteiger partial charge on any atom is 0.282 e. The van der Waals surface area contributed by atoms with Gasteiger partial charge in [-0.3, -0.25) is 9.59 Å². The van der Waals surface area contributed by atoms with Crippen molar-refractivity contribution in [2.45, 2.75) is 47.6 Å². The predicted molar refractivity (Wildman–Crippen MR) is 137 cm³/mol. The Morgan fingerprint density at radius 1 is 0.824 bits per heavy atom. The fourth-order valence-electron chi connectivity index (χ4n) is 4.09. The van der Waals surface area contributed by atoms with E-state index in [0.29, 0.717) is 22.6 Å². The summed E-state index contributed by atoms with van der Waals surface area (Å²) >= 11 is 0. The molecule has 0 bridgehead atoms. The number of nitrogens with one attached hydrogen (secondary N) is 1. The molecule has 0 atom stereocenters. The van der Waals surface area contributed by atoms with E-state index < -0.39 is 0 Å². The molecule has 0 unspecified atom stereocenters.